The van der Waals surface area contributed by atoms with Gasteiger partial charge in [-0.05, 0) is 64.2 Å². The smallest absolute Gasteiger partial charge is 0.310 e. The third-order valence-electron chi connectivity index (χ3n) is 6.79. The van der Waals surface area contributed by atoms with Crippen LogP contribution >= 0.6 is 11.3 Å². The van der Waals surface area contributed by atoms with Crippen LogP contribution in [0.1, 0.15) is 56.1 Å². The summed E-state index contributed by atoms with van der Waals surface area (Å²) in [4.78, 5) is 42.3. The number of methoxy groups -OCH3 is 1. The number of benzene rings is 1. The number of hydrogen-bond donors (Lipinski definition) is 2. The van der Waals surface area contributed by atoms with Crippen LogP contribution in [-0.4, -0.2) is 60.0 Å². The third kappa shape index (κ3) is 5.93. The molecule has 2 aromatic rings. The molecule has 2 amide bonds. The second-order valence-electron chi connectivity index (χ2n) is 10.5. The summed E-state index contributed by atoms with van der Waals surface area (Å²) in [6.45, 7) is 6.86. The van der Waals surface area contributed by atoms with Crippen LogP contribution in [-0.2, 0) is 14.3 Å². The lowest BCUT2D eigenvalue weighted by Gasteiger charge is -2.41. The maximum Gasteiger partial charge on any atom is 0.310 e. The maximum absolute atomic E-state index is 13.3. The highest BCUT2D eigenvalue weighted by Gasteiger charge is 2.45. The van der Waals surface area contributed by atoms with Crippen molar-refractivity contribution in [2.75, 3.05) is 13.7 Å². The summed E-state index contributed by atoms with van der Waals surface area (Å²) < 4.78 is 5.11. The largest absolute Gasteiger partial charge is 0.469 e. The van der Waals surface area contributed by atoms with E-state index in [2.05, 4.69) is 31.4 Å². The Kier molecular flexibility index (Phi) is 7.62. The molecule has 1 saturated heterocycles. The normalized spacial score (nSPS) is 24.9. The van der Waals surface area contributed by atoms with E-state index in [1.807, 2.05) is 36.4 Å². The van der Waals surface area contributed by atoms with E-state index >= 15 is 0 Å². The molecule has 35 heavy (non-hydrogen) atoms. The number of ether oxygens (including phenoxy) is 1. The van der Waals surface area contributed by atoms with Crippen molar-refractivity contribution in [3.8, 4) is 10.4 Å². The molecule has 3 unspecified atom stereocenters. The zero-order valence-corrected chi connectivity index (χ0v) is 21.7. The first-order valence-corrected chi connectivity index (χ1v) is 13.1. The fourth-order valence-corrected chi connectivity index (χ4v) is 6.20. The first-order chi connectivity index (χ1) is 16.7. The molecule has 1 aliphatic carbocycles. The van der Waals surface area contributed by atoms with Gasteiger partial charge in [0.05, 0.1) is 17.9 Å². The summed E-state index contributed by atoms with van der Waals surface area (Å²) in [6, 6.07) is 13.1. The molecule has 1 aromatic heterocycles. The number of hydrogen-bond acceptors (Lipinski definition) is 6. The molecular formula is C27H35N3O4S. The molecule has 2 N–H and O–H groups in total. The van der Waals surface area contributed by atoms with Crippen molar-refractivity contribution in [2.24, 2.45) is 5.92 Å². The third-order valence-corrected chi connectivity index (χ3v) is 7.92. The van der Waals surface area contributed by atoms with Gasteiger partial charge in [-0.3, -0.25) is 14.4 Å². The number of esters is 1. The standard InChI is InChI=1S/C27H35N3O4S/c1-27(2,3)29-18-10-11-21(19(16-18)26(33)34-4)30-15-14-20(25(30)32)28-24(31)23-13-12-22(35-23)17-8-6-5-7-9-17/h5-9,12-13,18-21,29H,10-11,14-16H2,1-4H3,(H,28,31)/t18?,19?,20-,21?/m0/s1. The number of carbonyl (C=O) groups excluding carboxylic acids is 3. The summed E-state index contributed by atoms with van der Waals surface area (Å²) in [6.07, 6.45) is 2.78. The Hall–Kier alpha value is -2.71. The van der Waals surface area contributed by atoms with E-state index in [1.165, 1.54) is 18.4 Å². The van der Waals surface area contributed by atoms with Crippen LogP contribution in [0.15, 0.2) is 42.5 Å². The van der Waals surface area contributed by atoms with Gasteiger partial charge in [-0.25, -0.2) is 0 Å². The highest BCUT2D eigenvalue weighted by atomic mass is 32.1. The van der Waals surface area contributed by atoms with E-state index < -0.39 is 6.04 Å². The van der Waals surface area contributed by atoms with Crippen LogP contribution in [0, 0.1) is 5.92 Å². The maximum atomic E-state index is 13.3. The molecule has 0 bridgehead atoms. The molecule has 4 atom stereocenters. The summed E-state index contributed by atoms with van der Waals surface area (Å²) in [5, 5.41) is 6.52. The molecule has 2 fully saturated rings. The highest BCUT2D eigenvalue weighted by molar-refractivity contribution is 7.17. The van der Waals surface area contributed by atoms with Gasteiger partial charge >= 0.3 is 5.97 Å². The number of rotatable bonds is 6. The Morgan fingerprint density at radius 3 is 2.49 bits per heavy atom. The Labute approximate surface area is 211 Å². The number of amides is 2. The first-order valence-electron chi connectivity index (χ1n) is 12.3. The van der Waals surface area contributed by atoms with Gasteiger partial charge in [0.15, 0.2) is 0 Å². The Morgan fingerprint density at radius 2 is 1.80 bits per heavy atom. The summed E-state index contributed by atoms with van der Waals surface area (Å²) in [5.74, 6) is -1.00. The topological polar surface area (TPSA) is 87.7 Å². The predicted octanol–water partition coefficient (Wildman–Crippen LogP) is 3.84. The van der Waals surface area contributed by atoms with Crippen LogP contribution in [0.2, 0.25) is 0 Å². The second-order valence-corrected chi connectivity index (χ2v) is 11.6. The van der Waals surface area contributed by atoms with E-state index in [9.17, 15) is 14.4 Å². The van der Waals surface area contributed by atoms with Gasteiger partial charge < -0.3 is 20.3 Å². The minimum atomic E-state index is -0.575. The first kappa shape index (κ1) is 25.4. The Bertz CT molecular complexity index is 1060. The average Bonchev–Trinajstić information content (AvgIpc) is 3.46. The van der Waals surface area contributed by atoms with E-state index in [0.29, 0.717) is 24.3 Å². The SMILES string of the molecule is COC(=O)C1CC(NC(C)(C)C)CCC1N1CC[C@H](NC(=O)c2ccc(-c3ccccc3)s2)C1=O. The fraction of sp³-hybridized carbons (Fsp3) is 0.519. The van der Waals surface area contributed by atoms with Crippen molar-refractivity contribution in [1.29, 1.82) is 0 Å². The average molecular weight is 498 g/mol. The Morgan fingerprint density at radius 1 is 1.06 bits per heavy atom. The van der Waals surface area contributed by atoms with Crippen LogP contribution in [0.25, 0.3) is 10.4 Å². The molecule has 0 radical (unpaired) electrons. The fourth-order valence-electron chi connectivity index (χ4n) is 5.29. The van der Waals surface area contributed by atoms with Gasteiger partial charge in [0.1, 0.15) is 6.04 Å². The van der Waals surface area contributed by atoms with Crippen molar-refractivity contribution in [3.05, 3.63) is 47.3 Å². The quantitative estimate of drug-likeness (QED) is 0.592. The summed E-state index contributed by atoms with van der Waals surface area (Å²) in [5.41, 5.74) is 1.00. The molecule has 4 rings (SSSR count). The molecule has 2 aliphatic rings. The number of nitrogens with zero attached hydrogens (tertiary/aromatic N) is 1. The number of nitrogens with one attached hydrogen (secondary N) is 2. The minimum absolute atomic E-state index is 0.0564. The lowest BCUT2D eigenvalue weighted by atomic mass is 9.80. The monoisotopic (exact) mass is 497 g/mol. The van der Waals surface area contributed by atoms with Gasteiger partial charge in [0, 0.05) is 29.0 Å². The summed E-state index contributed by atoms with van der Waals surface area (Å²) in [7, 11) is 1.40. The van der Waals surface area contributed by atoms with E-state index in [4.69, 9.17) is 4.74 Å². The lowest BCUT2D eigenvalue weighted by Crippen LogP contribution is -2.55. The van der Waals surface area contributed by atoms with Crippen LogP contribution < -0.4 is 10.6 Å². The van der Waals surface area contributed by atoms with Crippen molar-refractivity contribution in [3.63, 3.8) is 0 Å². The van der Waals surface area contributed by atoms with Crippen LogP contribution in [0.4, 0.5) is 0 Å². The molecule has 2 heterocycles. The van der Waals surface area contributed by atoms with Crippen LogP contribution in [0.5, 0.6) is 0 Å². The highest BCUT2D eigenvalue weighted by Crippen LogP contribution is 2.34. The molecule has 8 heteroatoms. The van der Waals surface area contributed by atoms with E-state index in [0.717, 1.165) is 23.3 Å². The molecule has 188 valence electrons. The summed E-state index contributed by atoms with van der Waals surface area (Å²) >= 11 is 1.41. The second kappa shape index (κ2) is 10.5. The number of thiophene rings is 1. The van der Waals surface area contributed by atoms with Gasteiger partial charge in [-0.2, -0.15) is 0 Å². The molecule has 1 aliphatic heterocycles. The Balaban J connectivity index is 1.41. The van der Waals surface area contributed by atoms with E-state index in [1.54, 1.807) is 11.0 Å². The molecule has 1 saturated carbocycles. The van der Waals surface area contributed by atoms with Crippen molar-refractivity contribution in [2.45, 2.75) is 70.1 Å². The molecule has 1 aromatic carbocycles. The molecular weight excluding hydrogens is 462 g/mol. The van der Waals surface area contributed by atoms with Crippen LogP contribution in [0.3, 0.4) is 0 Å². The molecule has 7 nitrogen and oxygen atoms in total. The van der Waals surface area contributed by atoms with Crippen molar-refractivity contribution in [1.82, 2.24) is 15.5 Å². The minimum Gasteiger partial charge on any atom is -0.469 e. The van der Waals surface area contributed by atoms with Gasteiger partial charge in [0.25, 0.3) is 5.91 Å². The zero-order valence-electron chi connectivity index (χ0n) is 20.9. The van der Waals surface area contributed by atoms with E-state index in [-0.39, 0.29) is 41.3 Å². The molecule has 0 spiro atoms. The number of carbonyl (C=O) groups is 3. The zero-order chi connectivity index (χ0) is 25.2. The number of likely N-dealkylation sites (tertiary alicyclic amines) is 1. The van der Waals surface area contributed by atoms with Gasteiger partial charge in [0.2, 0.25) is 5.91 Å². The van der Waals surface area contributed by atoms with Crippen molar-refractivity contribution >= 4 is 29.1 Å². The van der Waals surface area contributed by atoms with Crippen molar-refractivity contribution < 1.29 is 19.1 Å². The van der Waals surface area contributed by atoms with Gasteiger partial charge in [-0.1, -0.05) is 30.3 Å². The predicted molar refractivity (Wildman–Crippen MR) is 137 cm³/mol. The van der Waals surface area contributed by atoms with Gasteiger partial charge in [-0.15, -0.1) is 11.3 Å². The lowest BCUT2D eigenvalue weighted by molar-refractivity contribution is -0.151.